The third kappa shape index (κ3) is 3.44. The van der Waals surface area contributed by atoms with Crippen LogP contribution in [0.4, 0.5) is 10.1 Å². The predicted molar refractivity (Wildman–Crippen MR) is 80.1 cm³/mol. The number of halogens is 2. The molecule has 2 aromatic carbocycles. The minimum Gasteiger partial charge on any atom is -0.508 e. The van der Waals surface area contributed by atoms with Crippen molar-refractivity contribution < 1.29 is 14.3 Å². The molecular formula is C15H14ClFN2O2. The Bertz CT molecular complexity index is 691. The normalized spacial score (nSPS) is 12.0. The number of phenolic OH excluding ortho intramolecular Hbond substituents is 1. The summed E-state index contributed by atoms with van der Waals surface area (Å²) in [6.07, 6.45) is 0. The third-order valence-corrected chi connectivity index (χ3v) is 3.40. The monoisotopic (exact) mass is 308 g/mol. The van der Waals surface area contributed by atoms with Gasteiger partial charge in [0.15, 0.2) is 0 Å². The molecule has 1 unspecified atom stereocenters. The Morgan fingerprint density at radius 1 is 1.33 bits per heavy atom. The first kappa shape index (κ1) is 15.1. The lowest BCUT2D eigenvalue weighted by atomic mass is 10.1. The van der Waals surface area contributed by atoms with Gasteiger partial charge in [0.05, 0.1) is 16.6 Å². The Labute approximate surface area is 126 Å². The molecule has 0 radical (unpaired) electrons. The van der Waals surface area contributed by atoms with E-state index in [2.05, 4.69) is 5.32 Å². The first-order valence-electron chi connectivity index (χ1n) is 6.23. The van der Waals surface area contributed by atoms with E-state index in [0.29, 0.717) is 11.3 Å². The predicted octanol–water partition coefficient (Wildman–Crippen LogP) is 3.46. The molecule has 0 bridgehead atoms. The Kier molecular flexibility index (Phi) is 4.33. The van der Waals surface area contributed by atoms with Crippen molar-refractivity contribution in [1.29, 1.82) is 0 Å². The van der Waals surface area contributed by atoms with E-state index < -0.39 is 11.7 Å². The largest absolute Gasteiger partial charge is 0.508 e. The summed E-state index contributed by atoms with van der Waals surface area (Å²) in [5, 5.41) is 12.5. The van der Waals surface area contributed by atoms with Crippen LogP contribution in [0.1, 0.15) is 28.9 Å². The molecule has 0 heterocycles. The molecule has 1 atom stereocenters. The van der Waals surface area contributed by atoms with Gasteiger partial charge in [-0.05, 0) is 31.2 Å². The summed E-state index contributed by atoms with van der Waals surface area (Å²) in [6.45, 7) is 1.76. The molecule has 0 saturated heterocycles. The van der Waals surface area contributed by atoms with Crippen LogP contribution in [0.2, 0.25) is 5.02 Å². The van der Waals surface area contributed by atoms with Crippen molar-refractivity contribution in [2.24, 2.45) is 5.73 Å². The van der Waals surface area contributed by atoms with Gasteiger partial charge in [0, 0.05) is 17.3 Å². The highest BCUT2D eigenvalue weighted by atomic mass is 35.5. The van der Waals surface area contributed by atoms with Crippen molar-refractivity contribution in [2.45, 2.75) is 13.0 Å². The first-order chi connectivity index (χ1) is 9.88. The van der Waals surface area contributed by atoms with E-state index >= 15 is 0 Å². The second-order valence-electron chi connectivity index (χ2n) is 4.63. The molecule has 0 fully saturated rings. The van der Waals surface area contributed by atoms with Crippen molar-refractivity contribution in [3.05, 3.63) is 58.4 Å². The summed E-state index contributed by atoms with van der Waals surface area (Å²) in [4.78, 5) is 11.2. The van der Waals surface area contributed by atoms with Crippen molar-refractivity contribution in [1.82, 2.24) is 0 Å². The Morgan fingerprint density at radius 2 is 2.05 bits per heavy atom. The minimum atomic E-state index is -0.632. The van der Waals surface area contributed by atoms with E-state index in [9.17, 15) is 14.3 Å². The lowest BCUT2D eigenvalue weighted by molar-refractivity contribution is 0.100. The van der Waals surface area contributed by atoms with Crippen molar-refractivity contribution in [3.63, 3.8) is 0 Å². The molecule has 0 spiro atoms. The molecule has 2 aromatic rings. The summed E-state index contributed by atoms with van der Waals surface area (Å²) in [5.41, 5.74) is 6.40. The average molecular weight is 309 g/mol. The topological polar surface area (TPSA) is 75.3 Å². The summed E-state index contributed by atoms with van der Waals surface area (Å²) in [6, 6.07) is 8.31. The maximum Gasteiger partial charge on any atom is 0.250 e. The van der Waals surface area contributed by atoms with Crippen LogP contribution in [0, 0.1) is 5.82 Å². The minimum absolute atomic E-state index is 0.133. The highest BCUT2D eigenvalue weighted by Crippen LogP contribution is 2.26. The van der Waals surface area contributed by atoms with Gasteiger partial charge in [0.1, 0.15) is 11.6 Å². The zero-order valence-corrected chi connectivity index (χ0v) is 12.0. The highest BCUT2D eigenvalue weighted by Gasteiger charge is 2.13. The maximum atomic E-state index is 13.8. The fourth-order valence-corrected chi connectivity index (χ4v) is 2.21. The molecular weight excluding hydrogens is 295 g/mol. The van der Waals surface area contributed by atoms with Crippen molar-refractivity contribution >= 4 is 23.2 Å². The number of aromatic hydroxyl groups is 1. The van der Waals surface area contributed by atoms with Gasteiger partial charge in [-0.1, -0.05) is 17.7 Å². The average Bonchev–Trinajstić information content (AvgIpc) is 2.40. The summed E-state index contributed by atoms with van der Waals surface area (Å²) in [5.74, 6) is -1.28. The van der Waals surface area contributed by atoms with Crippen LogP contribution in [-0.4, -0.2) is 11.0 Å². The van der Waals surface area contributed by atoms with Gasteiger partial charge in [-0.3, -0.25) is 4.79 Å². The number of hydrogen-bond donors (Lipinski definition) is 3. The van der Waals surface area contributed by atoms with Gasteiger partial charge in [0.25, 0.3) is 0 Å². The Hall–Kier alpha value is -2.27. The van der Waals surface area contributed by atoms with Gasteiger partial charge in [-0.15, -0.1) is 0 Å². The second-order valence-corrected chi connectivity index (χ2v) is 5.04. The Morgan fingerprint density at radius 3 is 2.67 bits per heavy atom. The smallest absolute Gasteiger partial charge is 0.250 e. The van der Waals surface area contributed by atoms with E-state index in [-0.39, 0.29) is 22.4 Å². The molecule has 4 N–H and O–H groups in total. The number of amides is 1. The van der Waals surface area contributed by atoms with E-state index in [4.69, 9.17) is 17.3 Å². The van der Waals surface area contributed by atoms with Crippen LogP contribution in [0.5, 0.6) is 5.75 Å². The van der Waals surface area contributed by atoms with Gasteiger partial charge < -0.3 is 16.2 Å². The third-order valence-electron chi connectivity index (χ3n) is 3.07. The number of phenols is 1. The lowest BCUT2D eigenvalue weighted by Gasteiger charge is -2.17. The molecule has 6 heteroatoms. The van der Waals surface area contributed by atoms with E-state index in [0.717, 1.165) is 6.07 Å². The number of benzene rings is 2. The van der Waals surface area contributed by atoms with Crippen LogP contribution < -0.4 is 11.1 Å². The zero-order valence-electron chi connectivity index (χ0n) is 11.2. The number of carbonyl (C=O) groups excluding carboxylic acids is 1. The van der Waals surface area contributed by atoms with Crippen molar-refractivity contribution in [3.8, 4) is 5.75 Å². The molecule has 0 aliphatic rings. The van der Waals surface area contributed by atoms with Gasteiger partial charge in [0.2, 0.25) is 5.91 Å². The van der Waals surface area contributed by atoms with E-state index in [1.54, 1.807) is 19.1 Å². The molecule has 21 heavy (non-hydrogen) atoms. The van der Waals surface area contributed by atoms with Crippen molar-refractivity contribution in [2.75, 3.05) is 5.32 Å². The summed E-state index contributed by atoms with van der Waals surface area (Å²) in [7, 11) is 0. The molecule has 2 rings (SSSR count). The van der Waals surface area contributed by atoms with Crippen LogP contribution in [0.15, 0.2) is 36.4 Å². The molecule has 110 valence electrons. The number of hydrogen-bond acceptors (Lipinski definition) is 3. The molecule has 0 aliphatic carbocycles. The first-order valence-corrected chi connectivity index (χ1v) is 6.60. The fourth-order valence-electron chi connectivity index (χ4n) is 2.00. The standard InChI is InChI=1S/C15H14ClFN2O2/c1-8(11-4-3-10(20)7-14(11)17)19-9-2-5-13(16)12(6-9)15(18)21/h2-8,19-20H,1H3,(H2,18,21). The molecule has 0 saturated carbocycles. The number of nitrogens with two attached hydrogens (primary N) is 1. The number of anilines is 1. The lowest BCUT2D eigenvalue weighted by Crippen LogP contribution is -2.13. The zero-order chi connectivity index (χ0) is 15.6. The van der Waals surface area contributed by atoms with Crippen LogP contribution in [-0.2, 0) is 0 Å². The number of primary amides is 1. The van der Waals surface area contributed by atoms with Crippen LogP contribution in [0.3, 0.4) is 0 Å². The van der Waals surface area contributed by atoms with E-state index in [1.807, 2.05) is 0 Å². The molecule has 0 aromatic heterocycles. The van der Waals surface area contributed by atoms with Gasteiger partial charge >= 0.3 is 0 Å². The number of carbonyl (C=O) groups is 1. The molecule has 4 nitrogen and oxygen atoms in total. The van der Waals surface area contributed by atoms with Gasteiger partial charge in [-0.2, -0.15) is 0 Å². The quantitative estimate of drug-likeness (QED) is 0.809. The fraction of sp³-hybridized carbons (Fsp3) is 0.133. The second kappa shape index (κ2) is 6.01. The van der Waals surface area contributed by atoms with Crippen LogP contribution >= 0.6 is 11.6 Å². The number of nitrogens with one attached hydrogen (secondary N) is 1. The van der Waals surface area contributed by atoms with Crippen LogP contribution in [0.25, 0.3) is 0 Å². The highest BCUT2D eigenvalue weighted by molar-refractivity contribution is 6.33. The van der Waals surface area contributed by atoms with Gasteiger partial charge in [-0.25, -0.2) is 4.39 Å². The molecule has 1 amide bonds. The maximum absolute atomic E-state index is 13.8. The summed E-state index contributed by atoms with van der Waals surface area (Å²) < 4.78 is 13.8. The van der Waals surface area contributed by atoms with E-state index in [1.165, 1.54) is 18.2 Å². The molecule has 0 aliphatic heterocycles. The Balaban J connectivity index is 2.25. The number of rotatable bonds is 4. The summed E-state index contributed by atoms with van der Waals surface area (Å²) >= 11 is 5.87. The SMILES string of the molecule is CC(Nc1ccc(Cl)c(C(N)=O)c1)c1ccc(O)cc1F.